The number of ether oxygens (including phenoxy) is 2. The molecule has 3 nitrogen and oxygen atoms in total. The molecule has 2 rings (SSSR count). The fourth-order valence-electron chi connectivity index (χ4n) is 1.82. The van der Waals surface area contributed by atoms with Gasteiger partial charge in [-0.25, -0.2) is 4.39 Å². The molecule has 2 aromatic carbocycles. The molecule has 106 valence electrons. The van der Waals surface area contributed by atoms with Gasteiger partial charge < -0.3 is 15.2 Å². The van der Waals surface area contributed by atoms with Crippen molar-refractivity contribution in [3.05, 3.63) is 58.4 Å². The summed E-state index contributed by atoms with van der Waals surface area (Å²) < 4.78 is 24.2. The van der Waals surface area contributed by atoms with Gasteiger partial charge in [-0.15, -0.1) is 0 Å². The van der Waals surface area contributed by atoms with E-state index in [1.807, 2.05) is 18.2 Å². The summed E-state index contributed by atoms with van der Waals surface area (Å²) in [4.78, 5) is 0. The lowest BCUT2D eigenvalue weighted by Gasteiger charge is -2.11. The number of hydrogen-bond donors (Lipinski definition) is 1. The Morgan fingerprint density at radius 3 is 2.70 bits per heavy atom. The van der Waals surface area contributed by atoms with Gasteiger partial charge in [-0.05, 0) is 23.8 Å². The van der Waals surface area contributed by atoms with Gasteiger partial charge in [0.2, 0.25) is 0 Å². The van der Waals surface area contributed by atoms with E-state index >= 15 is 0 Å². The summed E-state index contributed by atoms with van der Waals surface area (Å²) >= 11 is 5.90. The Kier molecular flexibility index (Phi) is 4.82. The molecular formula is C15H15ClFNO2. The maximum absolute atomic E-state index is 13.6. The van der Waals surface area contributed by atoms with E-state index in [4.69, 9.17) is 26.8 Å². The van der Waals surface area contributed by atoms with Crippen molar-refractivity contribution in [1.82, 2.24) is 0 Å². The third-order valence-electron chi connectivity index (χ3n) is 2.87. The minimum Gasteiger partial charge on any atom is -0.496 e. The second kappa shape index (κ2) is 6.59. The van der Waals surface area contributed by atoms with Crippen LogP contribution in [0.1, 0.15) is 11.1 Å². The van der Waals surface area contributed by atoms with E-state index in [1.54, 1.807) is 13.2 Å². The molecule has 0 atom stereocenters. The predicted octanol–water partition coefficient (Wildman–Crippen LogP) is 3.53. The first kappa shape index (κ1) is 14.6. The van der Waals surface area contributed by atoms with Crippen LogP contribution in [0.3, 0.4) is 0 Å². The molecule has 0 heterocycles. The summed E-state index contributed by atoms with van der Waals surface area (Å²) in [5.74, 6) is 0.257. The maximum Gasteiger partial charge on any atom is 0.174 e. The van der Waals surface area contributed by atoms with E-state index in [1.165, 1.54) is 12.1 Å². The summed E-state index contributed by atoms with van der Waals surface area (Å²) in [5, 5.41) is 0.246. The topological polar surface area (TPSA) is 44.5 Å². The fourth-order valence-corrected chi connectivity index (χ4v) is 2.04. The molecule has 0 aromatic heterocycles. The molecule has 0 amide bonds. The first-order valence-electron chi connectivity index (χ1n) is 6.08. The SMILES string of the molecule is COc1cc(COc2c(F)cccc2Cl)ccc1CN. The molecule has 0 radical (unpaired) electrons. The van der Waals surface area contributed by atoms with Crippen molar-refractivity contribution in [3.8, 4) is 11.5 Å². The highest BCUT2D eigenvalue weighted by Crippen LogP contribution is 2.28. The van der Waals surface area contributed by atoms with Crippen molar-refractivity contribution in [2.24, 2.45) is 5.73 Å². The Morgan fingerprint density at radius 1 is 1.25 bits per heavy atom. The molecule has 2 aromatic rings. The van der Waals surface area contributed by atoms with Crippen LogP contribution in [0.5, 0.6) is 11.5 Å². The quantitative estimate of drug-likeness (QED) is 0.918. The lowest BCUT2D eigenvalue weighted by atomic mass is 10.1. The van der Waals surface area contributed by atoms with Crippen molar-refractivity contribution in [2.75, 3.05) is 7.11 Å². The highest BCUT2D eigenvalue weighted by Gasteiger charge is 2.09. The van der Waals surface area contributed by atoms with Gasteiger partial charge >= 0.3 is 0 Å². The maximum atomic E-state index is 13.6. The van der Waals surface area contributed by atoms with E-state index < -0.39 is 5.82 Å². The van der Waals surface area contributed by atoms with Gasteiger partial charge in [0.15, 0.2) is 11.6 Å². The van der Waals surface area contributed by atoms with Crippen LogP contribution in [0.15, 0.2) is 36.4 Å². The van der Waals surface area contributed by atoms with Gasteiger partial charge in [-0.2, -0.15) is 0 Å². The van der Waals surface area contributed by atoms with E-state index in [2.05, 4.69) is 0 Å². The Hall–Kier alpha value is -1.78. The molecule has 0 aliphatic carbocycles. The van der Waals surface area contributed by atoms with E-state index in [0.29, 0.717) is 12.3 Å². The van der Waals surface area contributed by atoms with Crippen LogP contribution in [0.2, 0.25) is 5.02 Å². The van der Waals surface area contributed by atoms with Crippen LogP contribution in [0.4, 0.5) is 4.39 Å². The zero-order valence-corrected chi connectivity index (χ0v) is 11.8. The number of halogens is 2. The zero-order valence-electron chi connectivity index (χ0n) is 11.0. The zero-order chi connectivity index (χ0) is 14.5. The van der Waals surface area contributed by atoms with Crippen molar-refractivity contribution >= 4 is 11.6 Å². The Balaban J connectivity index is 2.15. The van der Waals surface area contributed by atoms with Crippen molar-refractivity contribution in [2.45, 2.75) is 13.2 Å². The number of nitrogens with two attached hydrogens (primary N) is 1. The monoisotopic (exact) mass is 295 g/mol. The molecule has 0 aliphatic heterocycles. The molecule has 0 saturated carbocycles. The van der Waals surface area contributed by atoms with Crippen molar-refractivity contribution in [1.29, 1.82) is 0 Å². The molecule has 0 unspecified atom stereocenters. The van der Waals surface area contributed by atoms with Crippen LogP contribution in [-0.2, 0) is 13.2 Å². The predicted molar refractivity (Wildman–Crippen MR) is 76.6 cm³/mol. The van der Waals surface area contributed by atoms with Crippen LogP contribution in [0.25, 0.3) is 0 Å². The third kappa shape index (κ3) is 3.21. The normalized spacial score (nSPS) is 10.4. The molecule has 20 heavy (non-hydrogen) atoms. The van der Waals surface area contributed by atoms with E-state index in [0.717, 1.165) is 11.1 Å². The number of para-hydroxylation sites is 1. The van der Waals surface area contributed by atoms with Gasteiger partial charge in [0.05, 0.1) is 12.1 Å². The molecule has 5 heteroatoms. The minimum absolute atomic E-state index is 0.0519. The van der Waals surface area contributed by atoms with Gasteiger partial charge in [0, 0.05) is 12.1 Å². The van der Waals surface area contributed by atoms with Crippen LogP contribution < -0.4 is 15.2 Å². The lowest BCUT2D eigenvalue weighted by Crippen LogP contribution is -2.02. The first-order valence-corrected chi connectivity index (χ1v) is 6.46. The summed E-state index contributed by atoms with van der Waals surface area (Å²) in [6.45, 7) is 0.589. The minimum atomic E-state index is -0.483. The summed E-state index contributed by atoms with van der Waals surface area (Å²) in [6, 6.07) is 9.96. The molecule has 0 bridgehead atoms. The molecule has 0 aliphatic rings. The smallest absolute Gasteiger partial charge is 0.174 e. The van der Waals surface area contributed by atoms with E-state index in [9.17, 15) is 4.39 Å². The van der Waals surface area contributed by atoms with Crippen LogP contribution >= 0.6 is 11.6 Å². The van der Waals surface area contributed by atoms with Gasteiger partial charge in [-0.3, -0.25) is 0 Å². The summed E-state index contributed by atoms with van der Waals surface area (Å²) in [5.41, 5.74) is 7.35. The summed E-state index contributed by atoms with van der Waals surface area (Å²) in [7, 11) is 1.58. The van der Waals surface area contributed by atoms with Gasteiger partial charge in [0.1, 0.15) is 12.4 Å². The standard InChI is InChI=1S/C15H15ClFNO2/c1-19-14-7-10(5-6-11(14)8-18)9-20-15-12(16)3-2-4-13(15)17/h2-7H,8-9,18H2,1H3. The van der Waals surface area contributed by atoms with Crippen LogP contribution in [0, 0.1) is 5.82 Å². The van der Waals surface area contributed by atoms with Gasteiger partial charge in [0.25, 0.3) is 0 Å². The third-order valence-corrected chi connectivity index (χ3v) is 3.17. The molecule has 0 saturated heterocycles. The second-order valence-corrected chi connectivity index (χ2v) is 4.60. The van der Waals surface area contributed by atoms with Gasteiger partial charge in [-0.1, -0.05) is 29.8 Å². The molecular weight excluding hydrogens is 281 g/mol. The Morgan fingerprint density at radius 2 is 2.05 bits per heavy atom. The van der Waals surface area contributed by atoms with Crippen molar-refractivity contribution in [3.63, 3.8) is 0 Å². The largest absolute Gasteiger partial charge is 0.496 e. The number of hydrogen-bond acceptors (Lipinski definition) is 3. The fraction of sp³-hybridized carbons (Fsp3) is 0.200. The second-order valence-electron chi connectivity index (χ2n) is 4.19. The lowest BCUT2D eigenvalue weighted by molar-refractivity contribution is 0.289. The Bertz CT molecular complexity index is 584. The van der Waals surface area contributed by atoms with E-state index in [-0.39, 0.29) is 17.4 Å². The average molecular weight is 296 g/mol. The average Bonchev–Trinajstić information content (AvgIpc) is 2.46. The highest BCUT2D eigenvalue weighted by molar-refractivity contribution is 6.32. The molecule has 0 spiro atoms. The number of rotatable bonds is 5. The highest BCUT2D eigenvalue weighted by atomic mass is 35.5. The number of methoxy groups -OCH3 is 1. The first-order chi connectivity index (χ1) is 9.65. The molecule has 0 fully saturated rings. The Labute approximate surface area is 122 Å². The van der Waals surface area contributed by atoms with Crippen molar-refractivity contribution < 1.29 is 13.9 Å². The number of benzene rings is 2. The molecule has 2 N–H and O–H groups in total. The van der Waals surface area contributed by atoms with Crippen LogP contribution in [-0.4, -0.2) is 7.11 Å². The summed E-state index contributed by atoms with van der Waals surface area (Å²) in [6.07, 6.45) is 0.